The predicted molar refractivity (Wildman–Crippen MR) is 73.1 cm³/mol. The first-order chi connectivity index (χ1) is 8.88. The average molecular weight is 264 g/mol. The first-order valence-electron chi connectivity index (χ1n) is 6.67. The second kappa shape index (κ2) is 5.29. The molecule has 0 radical (unpaired) electrons. The van der Waals surface area contributed by atoms with Gasteiger partial charge in [0.15, 0.2) is 0 Å². The van der Waals surface area contributed by atoms with Crippen molar-refractivity contribution < 1.29 is 9.18 Å². The van der Waals surface area contributed by atoms with Crippen LogP contribution in [0.4, 0.5) is 4.39 Å². The number of halogens is 1. The minimum absolute atomic E-state index is 0.177. The third-order valence-electron chi connectivity index (χ3n) is 3.96. The fraction of sp³-hybridized carbons (Fsp3) is 0.533. The normalized spacial score (nSPS) is 22.9. The number of nitrogens with one attached hydrogen (secondary N) is 1. The maximum atomic E-state index is 13.1. The van der Waals surface area contributed by atoms with E-state index in [0.717, 1.165) is 18.4 Å². The molecule has 19 heavy (non-hydrogen) atoms. The van der Waals surface area contributed by atoms with Gasteiger partial charge >= 0.3 is 0 Å². The van der Waals surface area contributed by atoms with Crippen LogP contribution in [-0.4, -0.2) is 18.5 Å². The Morgan fingerprint density at radius 1 is 1.47 bits per heavy atom. The number of hydrogen-bond acceptors (Lipinski definition) is 2. The van der Waals surface area contributed by atoms with Gasteiger partial charge in [0.05, 0.1) is 5.41 Å². The Hall–Kier alpha value is -1.42. The third kappa shape index (κ3) is 3.32. The highest BCUT2D eigenvalue weighted by Gasteiger charge is 2.32. The topological polar surface area (TPSA) is 55.1 Å². The molecular formula is C15H21FN2O. The molecule has 1 aliphatic rings. The third-order valence-corrected chi connectivity index (χ3v) is 3.96. The van der Waals surface area contributed by atoms with E-state index >= 15 is 0 Å². The SMILES string of the molecule is CC(C)(CNC1CC(c2cccc(F)c2)C1)C(N)=O. The van der Waals surface area contributed by atoms with Gasteiger partial charge in [-0.3, -0.25) is 4.79 Å². The van der Waals surface area contributed by atoms with E-state index in [9.17, 15) is 9.18 Å². The van der Waals surface area contributed by atoms with Crippen molar-refractivity contribution in [3.8, 4) is 0 Å². The van der Waals surface area contributed by atoms with Gasteiger partial charge in [-0.05, 0) is 50.3 Å². The molecule has 0 atom stereocenters. The summed E-state index contributed by atoms with van der Waals surface area (Å²) in [4.78, 5) is 11.2. The molecule has 0 saturated heterocycles. The minimum atomic E-state index is -0.524. The van der Waals surface area contributed by atoms with Crippen molar-refractivity contribution in [1.82, 2.24) is 5.32 Å². The molecule has 0 bridgehead atoms. The summed E-state index contributed by atoms with van der Waals surface area (Å²) in [6.45, 7) is 4.26. The molecule has 1 aliphatic carbocycles. The highest BCUT2D eigenvalue weighted by atomic mass is 19.1. The number of benzene rings is 1. The van der Waals surface area contributed by atoms with Crippen molar-refractivity contribution in [2.24, 2.45) is 11.1 Å². The lowest BCUT2D eigenvalue weighted by molar-refractivity contribution is -0.125. The quantitative estimate of drug-likeness (QED) is 0.856. The van der Waals surface area contributed by atoms with E-state index in [2.05, 4.69) is 5.32 Å². The van der Waals surface area contributed by atoms with Crippen LogP contribution in [0.3, 0.4) is 0 Å². The van der Waals surface area contributed by atoms with Gasteiger partial charge in [-0.15, -0.1) is 0 Å². The van der Waals surface area contributed by atoms with E-state index in [4.69, 9.17) is 5.73 Å². The molecule has 2 rings (SSSR count). The summed E-state index contributed by atoms with van der Waals surface area (Å²) < 4.78 is 13.1. The second-order valence-corrected chi connectivity index (χ2v) is 6.05. The number of carbonyl (C=O) groups excluding carboxylic acids is 1. The highest BCUT2D eigenvalue weighted by molar-refractivity contribution is 5.80. The zero-order valence-corrected chi connectivity index (χ0v) is 11.4. The van der Waals surface area contributed by atoms with Crippen molar-refractivity contribution in [1.29, 1.82) is 0 Å². The summed E-state index contributed by atoms with van der Waals surface area (Å²) in [6, 6.07) is 7.19. The molecule has 104 valence electrons. The summed E-state index contributed by atoms with van der Waals surface area (Å²) >= 11 is 0. The number of hydrogen-bond donors (Lipinski definition) is 2. The molecule has 1 fully saturated rings. The van der Waals surface area contributed by atoms with Crippen LogP contribution in [0.5, 0.6) is 0 Å². The number of rotatable bonds is 5. The molecule has 0 aliphatic heterocycles. The lowest BCUT2D eigenvalue weighted by Crippen LogP contribution is -2.47. The van der Waals surface area contributed by atoms with E-state index in [1.807, 2.05) is 19.9 Å². The van der Waals surface area contributed by atoms with Crippen LogP contribution < -0.4 is 11.1 Å². The summed E-state index contributed by atoms with van der Waals surface area (Å²) in [5.41, 5.74) is 5.87. The standard InChI is InChI=1S/C15H21FN2O/c1-15(2,14(17)19)9-18-13-7-11(8-13)10-4-3-5-12(16)6-10/h3-6,11,13,18H,7-9H2,1-2H3,(H2,17,19). The van der Waals surface area contributed by atoms with Crippen molar-refractivity contribution in [2.75, 3.05) is 6.54 Å². The van der Waals surface area contributed by atoms with Crippen molar-refractivity contribution >= 4 is 5.91 Å². The maximum absolute atomic E-state index is 13.1. The van der Waals surface area contributed by atoms with Gasteiger partial charge in [0, 0.05) is 12.6 Å². The Morgan fingerprint density at radius 3 is 2.74 bits per heavy atom. The fourth-order valence-electron chi connectivity index (χ4n) is 2.30. The summed E-state index contributed by atoms with van der Waals surface area (Å²) in [5, 5.41) is 3.36. The van der Waals surface area contributed by atoms with Crippen LogP contribution in [0.1, 0.15) is 38.2 Å². The van der Waals surface area contributed by atoms with Crippen LogP contribution in [-0.2, 0) is 4.79 Å². The Kier molecular flexibility index (Phi) is 3.90. The molecule has 3 nitrogen and oxygen atoms in total. The Balaban J connectivity index is 1.79. The van der Waals surface area contributed by atoms with E-state index < -0.39 is 5.41 Å². The van der Waals surface area contributed by atoms with E-state index in [1.54, 1.807) is 12.1 Å². The zero-order valence-electron chi connectivity index (χ0n) is 11.4. The Morgan fingerprint density at radius 2 is 2.16 bits per heavy atom. The molecule has 3 N–H and O–H groups in total. The second-order valence-electron chi connectivity index (χ2n) is 6.05. The number of primary amides is 1. The first kappa shape index (κ1) is 14.0. The summed E-state index contributed by atoms with van der Waals surface area (Å²) in [7, 11) is 0. The van der Waals surface area contributed by atoms with Crippen LogP contribution >= 0.6 is 0 Å². The summed E-state index contributed by atoms with van der Waals surface area (Å²) in [6.07, 6.45) is 1.97. The molecule has 4 heteroatoms. The zero-order chi connectivity index (χ0) is 14.0. The van der Waals surface area contributed by atoms with Crippen molar-refractivity contribution in [3.05, 3.63) is 35.6 Å². The van der Waals surface area contributed by atoms with Gasteiger partial charge in [-0.2, -0.15) is 0 Å². The van der Waals surface area contributed by atoms with Gasteiger partial charge < -0.3 is 11.1 Å². The molecule has 0 spiro atoms. The molecule has 0 unspecified atom stereocenters. The van der Waals surface area contributed by atoms with E-state index in [1.165, 1.54) is 6.07 Å². The van der Waals surface area contributed by atoms with Gasteiger partial charge in [-0.25, -0.2) is 4.39 Å². The van der Waals surface area contributed by atoms with E-state index in [0.29, 0.717) is 18.5 Å². The summed E-state index contributed by atoms with van der Waals surface area (Å²) in [5.74, 6) is -0.0466. The monoisotopic (exact) mass is 264 g/mol. The molecule has 1 amide bonds. The molecule has 0 heterocycles. The fourth-order valence-corrected chi connectivity index (χ4v) is 2.30. The van der Waals surface area contributed by atoms with Crippen molar-refractivity contribution in [2.45, 2.75) is 38.6 Å². The van der Waals surface area contributed by atoms with Gasteiger partial charge in [-0.1, -0.05) is 12.1 Å². The van der Waals surface area contributed by atoms with Gasteiger partial charge in [0.25, 0.3) is 0 Å². The molecule has 1 saturated carbocycles. The molecule has 1 aromatic carbocycles. The Labute approximate surface area is 113 Å². The first-order valence-corrected chi connectivity index (χ1v) is 6.67. The highest BCUT2D eigenvalue weighted by Crippen LogP contribution is 2.37. The maximum Gasteiger partial charge on any atom is 0.224 e. The van der Waals surface area contributed by atoms with Crippen LogP contribution in [0.2, 0.25) is 0 Å². The Bertz CT molecular complexity index is 467. The predicted octanol–water partition coefficient (Wildman–Crippen LogP) is 2.17. The lowest BCUT2D eigenvalue weighted by Gasteiger charge is -2.38. The van der Waals surface area contributed by atoms with Crippen LogP contribution in [0, 0.1) is 11.2 Å². The van der Waals surface area contributed by atoms with E-state index in [-0.39, 0.29) is 11.7 Å². The lowest BCUT2D eigenvalue weighted by atomic mass is 9.75. The van der Waals surface area contributed by atoms with Gasteiger partial charge in [0.2, 0.25) is 5.91 Å². The van der Waals surface area contributed by atoms with Crippen molar-refractivity contribution in [3.63, 3.8) is 0 Å². The van der Waals surface area contributed by atoms with Crippen LogP contribution in [0.25, 0.3) is 0 Å². The molecular weight excluding hydrogens is 243 g/mol. The number of amides is 1. The van der Waals surface area contributed by atoms with Gasteiger partial charge in [0.1, 0.15) is 5.82 Å². The smallest absolute Gasteiger partial charge is 0.224 e. The minimum Gasteiger partial charge on any atom is -0.369 e. The number of carbonyl (C=O) groups is 1. The number of nitrogens with two attached hydrogens (primary N) is 1. The molecule has 0 aromatic heterocycles. The largest absolute Gasteiger partial charge is 0.369 e. The average Bonchev–Trinajstić information content (AvgIpc) is 2.26. The molecule has 1 aromatic rings. The van der Waals surface area contributed by atoms with Crippen LogP contribution in [0.15, 0.2) is 24.3 Å².